The average Bonchev–Trinajstić information content (AvgIpc) is 2.27. The fraction of sp³-hybridized carbons (Fsp3) is 0.462. The second-order valence-electron chi connectivity index (χ2n) is 4.59. The van der Waals surface area contributed by atoms with Gasteiger partial charge in [-0.3, -0.25) is 0 Å². The molecule has 2 N–H and O–H groups in total. The molecule has 17 heavy (non-hydrogen) atoms. The zero-order valence-corrected chi connectivity index (χ0v) is 9.54. The van der Waals surface area contributed by atoms with E-state index in [9.17, 15) is 9.50 Å². The highest BCUT2D eigenvalue weighted by molar-refractivity contribution is 5.37. The number of aliphatic hydroxyl groups is 1. The van der Waals surface area contributed by atoms with Crippen molar-refractivity contribution in [3.8, 4) is 6.07 Å². The van der Waals surface area contributed by atoms with Crippen LogP contribution >= 0.6 is 0 Å². The van der Waals surface area contributed by atoms with Crippen LogP contribution in [0.2, 0.25) is 0 Å². The number of nitrogens with zero attached hydrogens (tertiary/aromatic N) is 1. The molecule has 1 aliphatic carbocycles. The Bertz CT molecular complexity index is 449. The molecule has 90 valence electrons. The van der Waals surface area contributed by atoms with E-state index >= 15 is 0 Å². The van der Waals surface area contributed by atoms with Gasteiger partial charge in [0.1, 0.15) is 5.82 Å². The second-order valence-corrected chi connectivity index (χ2v) is 4.59. The Labute approximate surface area is 99.9 Å². The van der Waals surface area contributed by atoms with Crippen molar-refractivity contribution in [1.29, 1.82) is 5.26 Å². The molecule has 0 spiro atoms. The molecule has 0 aliphatic heterocycles. The average molecular weight is 234 g/mol. The monoisotopic (exact) mass is 234 g/mol. The summed E-state index contributed by atoms with van der Waals surface area (Å²) in [6.07, 6.45) is 2.68. The number of nitriles is 1. The quantitative estimate of drug-likeness (QED) is 0.833. The van der Waals surface area contributed by atoms with Gasteiger partial charge in [-0.2, -0.15) is 5.26 Å². The first kappa shape index (κ1) is 12.0. The largest absolute Gasteiger partial charge is 0.389 e. The van der Waals surface area contributed by atoms with Crippen molar-refractivity contribution in [3.63, 3.8) is 0 Å². The van der Waals surface area contributed by atoms with Crippen LogP contribution in [0.25, 0.3) is 0 Å². The van der Waals surface area contributed by atoms with E-state index in [0.717, 1.165) is 19.3 Å². The van der Waals surface area contributed by atoms with Crippen LogP contribution in [-0.2, 0) is 6.54 Å². The van der Waals surface area contributed by atoms with E-state index in [2.05, 4.69) is 5.32 Å². The van der Waals surface area contributed by atoms with Gasteiger partial charge < -0.3 is 10.4 Å². The summed E-state index contributed by atoms with van der Waals surface area (Å²) in [4.78, 5) is 0. The van der Waals surface area contributed by atoms with Crippen molar-refractivity contribution in [2.75, 3.05) is 6.54 Å². The Balaban J connectivity index is 1.94. The van der Waals surface area contributed by atoms with E-state index in [1.54, 1.807) is 0 Å². The molecule has 0 radical (unpaired) electrons. The molecule has 1 saturated carbocycles. The van der Waals surface area contributed by atoms with Crippen molar-refractivity contribution in [2.24, 2.45) is 0 Å². The molecule has 1 aliphatic rings. The number of hydrogen-bond donors (Lipinski definition) is 2. The Morgan fingerprint density at radius 2 is 2.24 bits per heavy atom. The highest BCUT2D eigenvalue weighted by Crippen LogP contribution is 2.30. The zero-order valence-electron chi connectivity index (χ0n) is 9.54. The van der Waals surface area contributed by atoms with Crippen LogP contribution in [0.4, 0.5) is 4.39 Å². The normalized spacial score (nSPS) is 17.2. The standard InChI is InChI=1S/C13H15FN2O/c14-12-3-2-10(7-15)11(6-12)8-16-9-13(17)4-1-5-13/h2-3,6,16-17H,1,4-5,8-9H2. The van der Waals surface area contributed by atoms with Gasteiger partial charge in [0.15, 0.2) is 0 Å². The lowest BCUT2D eigenvalue weighted by Gasteiger charge is -2.36. The zero-order chi connectivity index (χ0) is 12.3. The van der Waals surface area contributed by atoms with Crippen LogP contribution in [0.3, 0.4) is 0 Å². The van der Waals surface area contributed by atoms with Gasteiger partial charge in [0.25, 0.3) is 0 Å². The Morgan fingerprint density at radius 1 is 1.47 bits per heavy atom. The van der Waals surface area contributed by atoms with Gasteiger partial charge in [-0.25, -0.2) is 4.39 Å². The van der Waals surface area contributed by atoms with Crippen molar-refractivity contribution < 1.29 is 9.50 Å². The van der Waals surface area contributed by atoms with Crippen LogP contribution in [0.5, 0.6) is 0 Å². The van der Waals surface area contributed by atoms with Crippen molar-refractivity contribution in [1.82, 2.24) is 5.32 Å². The summed E-state index contributed by atoms with van der Waals surface area (Å²) in [5.41, 5.74) is 0.509. The summed E-state index contributed by atoms with van der Waals surface area (Å²) in [6.45, 7) is 0.900. The predicted molar refractivity (Wildman–Crippen MR) is 61.6 cm³/mol. The lowest BCUT2D eigenvalue weighted by atomic mass is 9.80. The molecule has 0 aromatic heterocycles. The summed E-state index contributed by atoms with van der Waals surface area (Å²) in [7, 11) is 0. The number of benzene rings is 1. The third-order valence-corrected chi connectivity index (χ3v) is 3.24. The van der Waals surface area contributed by atoms with Gasteiger partial charge in [-0.15, -0.1) is 0 Å². The van der Waals surface area contributed by atoms with Gasteiger partial charge in [0, 0.05) is 13.1 Å². The summed E-state index contributed by atoms with van der Waals surface area (Å²) in [5.74, 6) is -0.344. The Hall–Kier alpha value is -1.44. The highest BCUT2D eigenvalue weighted by Gasteiger charge is 2.33. The van der Waals surface area contributed by atoms with Gasteiger partial charge >= 0.3 is 0 Å². The smallest absolute Gasteiger partial charge is 0.123 e. The van der Waals surface area contributed by atoms with Gasteiger partial charge in [-0.05, 0) is 43.0 Å². The van der Waals surface area contributed by atoms with Crippen molar-refractivity contribution in [3.05, 3.63) is 35.1 Å². The molecule has 0 atom stereocenters. The molecule has 1 fully saturated rings. The molecule has 0 heterocycles. The minimum absolute atomic E-state index is 0.344. The number of halogens is 1. The molecule has 0 saturated heterocycles. The summed E-state index contributed by atoms with van der Waals surface area (Å²) in [5, 5.41) is 21.8. The van der Waals surface area contributed by atoms with Gasteiger partial charge in [0.05, 0.1) is 17.2 Å². The third-order valence-electron chi connectivity index (χ3n) is 3.24. The molecule has 1 aromatic rings. The lowest BCUT2D eigenvalue weighted by Crippen LogP contribution is -2.46. The van der Waals surface area contributed by atoms with Crippen molar-refractivity contribution in [2.45, 2.75) is 31.4 Å². The minimum atomic E-state index is -0.597. The Kier molecular flexibility index (Phi) is 3.41. The topological polar surface area (TPSA) is 56.0 Å². The molecule has 0 bridgehead atoms. The summed E-state index contributed by atoms with van der Waals surface area (Å²) < 4.78 is 13.0. The molecule has 3 nitrogen and oxygen atoms in total. The number of rotatable bonds is 4. The summed E-state index contributed by atoms with van der Waals surface area (Å²) in [6, 6.07) is 6.14. The van der Waals surface area contributed by atoms with E-state index in [1.807, 2.05) is 6.07 Å². The Morgan fingerprint density at radius 3 is 2.82 bits per heavy atom. The predicted octanol–water partition coefficient (Wildman–Crippen LogP) is 1.70. The van der Waals surface area contributed by atoms with E-state index in [1.165, 1.54) is 18.2 Å². The molecule has 0 unspecified atom stereocenters. The van der Waals surface area contributed by atoms with Crippen LogP contribution in [0.15, 0.2) is 18.2 Å². The van der Waals surface area contributed by atoms with Crippen LogP contribution in [0.1, 0.15) is 30.4 Å². The molecule has 0 amide bonds. The van der Waals surface area contributed by atoms with E-state index in [4.69, 9.17) is 5.26 Å². The maximum atomic E-state index is 13.0. The fourth-order valence-electron chi connectivity index (χ4n) is 2.01. The molecule has 1 aromatic carbocycles. The van der Waals surface area contributed by atoms with Gasteiger partial charge in [0.2, 0.25) is 0 Å². The van der Waals surface area contributed by atoms with Crippen molar-refractivity contribution >= 4 is 0 Å². The SMILES string of the molecule is N#Cc1ccc(F)cc1CNCC1(O)CCC1. The molecular formula is C13H15FN2O. The number of hydrogen-bond acceptors (Lipinski definition) is 3. The van der Waals surface area contributed by atoms with E-state index < -0.39 is 5.60 Å². The van der Waals surface area contributed by atoms with E-state index in [-0.39, 0.29) is 5.82 Å². The fourth-order valence-corrected chi connectivity index (χ4v) is 2.01. The van der Waals surface area contributed by atoms with Crippen LogP contribution in [-0.4, -0.2) is 17.3 Å². The first-order valence-corrected chi connectivity index (χ1v) is 5.75. The van der Waals surface area contributed by atoms with Crippen LogP contribution in [0, 0.1) is 17.1 Å². The second kappa shape index (κ2) is 4.82. The minimum Gasteiger partial charge on any atom is -0.389 e. The number of nitrogens with one attached hydrogen (secondary N) is 1. The first-order valence-electron chi connectivity index (χ1n) is 5.75. The maximum Gasteiger partial charge on any atom is 0.123 e. The molecular weight excluding hydrogens is 219 g/mol. The maximum absolute atomic E-state index is 13.0. The summed E-state index contributed by atoms with van der Waals surface area (Å²) >= 11 is 0. The van der Waals surface area contributed by atoms with Crippen LogP contribution < -0.4 is 5.32 Å². The highest BCUT2D eigenvalue weighted by atomic mass is 19.1. The first-order chi connectivity index (χ1) is 8.13. The molecule has 4 heteroatoms. The van der Waals surface area contributed by atoms with Gasteiger partial charge in [-0.1, -0.05) is 0 Å². The van der Waals surface area contributed by atoms with E-state index in [0.29, 0.717) is 24.2 Å². The third kappa shape index (κ3) is 2.82. The lowest BCUT2D eigenvalue weighted by molar-refractivity contribution is -0.0314. The molecule has 2 rings (SSSR count).